The van der Waals surface area contributed by atoms with E-state index in [0.29, 0.717) is 17.6 Å². The summed E-state index contributed by atoms with van der Waals surface area (Å²) >= 11 is 1.94. The summed E-state index contributed by atoms with van der Waals surface area (Å²) in [6.45, 7) is 4.22. The van der Waals surface area contributed by atoms with Crippen molar-refractivity contribution in [1.29, 1.82) is 0 Å². The molecule has 0 saturated carbocycles. The molecular weight excluding hydrogens is 156 g/mol. The van der Waals surface area contributed by atoms with Crippen LogP contribution >= 0.6 is 11.8 Å². The third kappa shape index (κ3) is 1.98. The molecule has 0 spiro atoms. The SMILES string of the molecule is CCC1CSCC(CC)C1=O. The van der Waals surface area contributed by atoms with Crippen molar-refractivity contribution in [2.45, 2.75) is 26.7 Å². The lowest BCUT2D eigenvalue weighted by atomic mass is 9.91. The minimum absolute atomic E-state index is 0.360. The molecule has 0 aromatic carbocycles. The number of thioether (sulfide) groups is 1. The lowest BCUT2D eigenvalue weighted by Crippen LogP contribution is -2.30. The van der Waals surface area contributed by atoms with E-state index in [1.807, 2.05) is 11.8 Å². The highest BCUT2D eigenvalue weighted by Gasteiger charge is 2.28. The Morgan fingerprint density at radius 3 is 2.09 bits per heavy atom. The van der Waals surface area contributed by atoms with Gasteiger partial charge in [0, 0.05) is 23.3 Å². The van der Waals surface area contributed by atoms with Gasteiger partial charge in [-0.2, -0.15) is 11.8 Å². The molecule has 2 heteroatoms. The molecule has 11 heavy (non-hydrogen) atoms. The van der Waals surface area contributed by atoms with Crippen LogP contribution in [-0.4, -0.2) is 17.3 Å². The maximum Gasteiger partial charge on any atom is 0.140 e. The summed E-state index contributed by atoms with van der Waals surface area (Å²) in [6, 6.07) is 0. The first-order valence-electron chi connectivity index (χ1n) is 4.41. The predicted molar refractivity (Wildman–Crippen MR) is 49.9 cm³/mol. The number of carbonyl (C=O) groups is 1. The van der Waals surface area contributed by atoms with Gasteiger partial charge in [0.05, 0.1) is 0 Å². The van der Waals surface area contributed by atoms with Crippen LogP contribution in [0.25, 0.3) is 0 Å². The molecular formula is C9H16OS. The van der Waals surface area contributed by atoms with Crippen molar-refractivity contribution in [3.63, 3.8) is 0 Å². The number of hydrogen-bond donors (Lipinski definition) is 0. The van der Waals surface area contributed by atoms with E-state index in [1.54, 1.807) is 0 Å². The van der Waals surface area contributed by atoms with Crippen LogP contribution in [0, 0.1) is 11.8 Å². The van der Waals surface area contributed by atoms with Crippen molar-refractivity contribution >= 4 is 17.5 Å². The quantitative estimate of drug-likeness (QED) is 0.636. The Labute approximate surface area is 72.9 Å². The molecule has 1 aliphatic heterocycles. The molecule has 1 heterocycles. The Morgan fingerprint density at radius 1 is 1.27 bits per heavy atom. The molecule has 0 aromatic rings. The zero-order valence-corrected chi connectivity index (χ0v) is 8.12. The monoisotopic (exact) mass is 172 g/mol. The van der Waals surface area contributed by atoms with Gasteiger partial charge in [0.2, 0.25) is 0 Å². The van der Waals surface area contributed by atoms with Crippen molar-refractivity contribution in [2.24, 2.45) is 11.8 Å². The van der Waals surface area contributed by atoms with Crippen LogP contribution in [0.2, 0.25) is 0 Å². The number of hydrogen-bond acceptors (Lipinski definition) is 2. The summed E-state index contributed by atoms with van der Waals surface area (Å²) in [7, 11) is 0. The Morgan fingerprint density at radius 2 is 1.73 bits per heavy atom. The second-order valence-electron chi connectivity index (χ2n) is 3.15. The first kappa shape index (κ1) is 9.11. The van der Waals surface area contributed by atoms with E-state index in [0.717, 1.165) is 24.3 Å². The van der Waals surface area contributed by atoms with E-state index in [4.69, 9.17) is 0 Å². The van der Waals surface area contributed by atoms with Crippen molar-refractivity contribution in [3.05, 3.63) is 0 Å². The summed E-state index contributed by atoms with van der Waals surface area (Å²) in [6.07, 6.45) is 2.06. The molecule has 0 aliphatic carbocycles. The molecule has 0 radical (unpaired) electrons. The van der Waals surface area contributed by atoms with E-state index in [1.165, 1.54) is 0 Å². The fraction of sp³-hybridized carbons (Fsp3) is 0.889. The average molecular weight is 172 g/mol. The minimum Gasteiger partial charge on any atom is -0.299 e. The van der Waals surface area contributed by atoms with Gasteiger partial charge >= 0.3 is 0 Å². The zero-order valence-electron chi connectivity index (χ0n) is 7.30. The standard InChI is InChI=1S/C9H16OS/c1-3-7-5-11-6-8(4-2)9(7)10/h7-8H,3-6H2,1-2H3. The van der Waals surface area contributed by atoms with Gasteiger partial charge < -0.3 is 0 Å². The van der Waals surface area contributed by atoms with E-state index in [-0.39, 0.29) is 0 Å². The second kappa shape index (κ2) is 4.15. The van der Waals surface area contributed by atoms with Gasteiger partial charge in [-0.05, 0) is 12.8 Å². The Hall–Kier alpha value is 0.0200. The van der Waals surface area contributed by atoms with Gasteiger partial charge in [-0.25, -0.2) is 0 Å². The van der Waals surface area contributed by atoms with Crippen molar-refractivity contribution < 1.29 is 4.79 Å². The lowest BCUT2D eigenvalue weighted by Gasteiger charge is -2.25. The molecule has 2 unspecified atom stereocenters. The molecule has 2 atom stereocenters. The number of Topliss-reactive ketones (excluding diaryl/α,β-unsaturated/α-hetero) is 1. The van der Waals surface area contributed by atoms with Crippen molar-refractivity contribution in [3.8, 4) is 0 Å². The maximum absolute atomic E-state index is 11.6. The molecule has 1 aliphatic rings. The van der Waals surface area contributed by atoms with E-state index >= 15 is 0 Å². The van der Waals surface area contributed by atoms with E-state index in [9.17, 15) is 4.79 Å². The van der Waals surface area contributed by atoms with Gasteiger partial charge in [0.1, 0.15) is 5.78 Å². The molecule has 0 bridgehead atoms. The topological polar surface area (TPSA) is 17.1 Å². The van der Waals surface area contributed by atoms with Gasteiger partial charge in [0.25, 0.3) is 0 Å². The van der Waals surface area contributed by atoms with Gasteiger partial charge in [-0.1, -0.05) is 13.8 Å². The summed E-state index contributed by atoms with van der Waals surface area (Å²) in [5.41, 5.74) is 0. The largest absolute Gasteiger partial charge is 0.299 e. The number of ketones is 1. The van der Waals surface area contributed by atoms with Crippen molar-refractivity contribution in [2.75, 3.05) is 11.5 Å². The molecule has 0 aromatic heterocycles. The Bertz CT molecular complexity index is 130. The number of carbonyl (C=O) groups excluding carboxylic acids is 1. The van der Waals surface area contributed by atoms with Gasteiger partial charge in [-0.3, -0.25) is 4.79 Å². The molecule has 0 N–H and O–H groups in total. The third-order valence-corrected chi connectivity index (χ3v) is 3.70. The predicted octanol–water partition coefficient (Wildman–Crippen LogP) is 2.35. The van der Waals surface area contributed by atoms with Crippen LogP contribution in [0.3, 0.4) is 0 Å². The van der Waals surface area contributed by atoms with E-state index in [2.05, 4.69) is 13.8 Å². The maximum atomic E-state index is 11.6. The molecule has 1 saturated heterocycles. The molecule has 1 fully saturated rings. The summed E-state index contributed by atoms with van der Waals surface area (Å²) < 4.78 is 0. The molecule has 1 nitrogen and oxygen atoms in total. The van der Waals surface area contributed by atoms with Gasteiger partial charge in [0.15, 0.2) is 0 Å². The third-order valence-electron chi connectivity index (χ3n) is 2.43. The summed E-state index contributed by atoms with van der Waals surface area (Å²) in [4.78, 5) is 11.6. The Balaban J connectivity index is 2.52. The summed E-state index contributed by atoms with van der Waals surface area (Å²) in [5.74, 6) is 3.36. The second-order valence-corrected chi connectivity index (χ2v) is 4.23. The highest BCUT2D eigenvalue weighted by atomic mass is 32.2. The van der Waals surface area contributed by atoms with Crippen LogP contribution in [0.15, 0.2) is 0 Å². The normalized spacial score (nSPS) is 32.4. The van der Waals surface area contributed by atoms with Gasteiger partial charge in [-0.15, -0.1) is 0 Å². The fourth-order valence-corrected chi connectivity index (χ4v) is 2.99. The molecule has 64 valence electrons. The fourth-order valence-electron chi connectivity index (χ4n) is 1.49. The smallest absolute Gasteiger partial charge is 0.140 e. The molecule has 0 amide bonds. The van der Waals surface area contributed by atoms with Crippen LogP contribution in [-0.2, 0) is 4.79 Å². The average Bonchev–Trinajstić information content (AvgIpc) is 2.05. The Kier molecular flexibility index (Phi) is 3.44. The highest BCUT2D eigenvalue weighted by Crippen LogP contribution is 2.27. The first-order valence-corrected chi connectivity index (χ1v) is 5.56. The lowest BCUT2D eigenvalue weighted by molar-refractivity contribution is -0.125. The van der Waals surface area contributed by atoms with Crippen LogP contribution in [0.5, 0.6) is 0 Å². The van der Waals surface area contributed by atoms with Crippen LogP contribution in [0.1, 0.15) is 26.7 Å². The summed E-state index contributed by atoms with van der Waals surface area (Å²) in [5, 5.41) is 0. The molecule has 1 rings (SSSR count). The van der Waals surface area contributed by atoms with Crippen molar-refractivity contribution in [1.82, 2.24) is 0 Å². The van der Waals surface area contributed by atoms with Crippen LogP contribution < -0.4 is 0 Å². The zero-order chi connectivity index (χ0) is 8.27. The number of rotatable bonds is 2. The van der Waals surface area contributed by atoms with Crippen LogP contribution in [0.4, 0.5) is 0 Å². The minimum atomic E-state index is 0.360. The first-order chi connectivity index (χ1) is 5.29. The highest BCUT2D eigenvalue weighted by molar-refractivity contribution is 7.99. The van der Waals surface area contributed by atoms with E-state index < -0.39 is 0 Å².